The van der Waals surface area contributed by atoms with Crippen LogP contribution in [0.2, 0.25) is 0 Å². The Hall–Kier alpha value is -3.82. The molecule has 0 radical (unpaired) electrons. The van der Waals surface area contributed by atoms with Crippen molar-refractivity contribution < 1.29 is 13.6 Å². The van der Waals surface area contributed by atoms with Crippen molar-refractivity contribution in [2.75, 3.05) is 31.5 Å². The summed E-state index contributed by atoms with van der Waals surface area (Å²) in [4.78, 5) is 21.4. The summed E-state index contributed by atoms with van der Waals surface area (Å²) in [6.07, 6.45) is 4.68. The fraction of sp³-hybridized carbons (Fsp3) is 0.394. The van der Waals surface area contributed by atoms with E-state index in [2.05, 4.69) is 61.2 Å². The standard InChI is InChI=1S/C33H38F2N6O/c1-24-30(23-39-17-19-40(20-18-39)27-12-14-33(34,35)15-13-27)29-6-2-3-7-31(29)41(24)28-10-8-26(9-11-28)38-32(42)37-22-25-5-4-16-36-21-25/h2-11,16,21,27H,12-15,17-20,22-23H2,1H3,(H2,37,38,42). The van der Waals surface area contributed by atoms with Crippen molar-refractivity contribution in [3.8, 4) is 5.69 Å². The highest BCUT2D eigenvalue weighted by molar-refractivity contribution is 5.90. The number of anilines is 1. The molecule has 2 N–H and O–H groups in total. The lowest BCUT2D eigenvalue weighted by atomic mass is 9.91. The van der Waals surface area contributed by atoms with Gasteiger partial charge in [-0.1, -0.05) is 24.3 Å². The van der Waals surface area contributed by atoms with Crippen molar-refractivity contribution in [2.45, 2.75) is 57.7 Å². The van der Waals surface area contributed by atoms with Crippen LogP contribution < -0.4 is 10.6 Å². The number of aromatic nitrogens is 2. The van der Waals surface area contributed by atoms with E-state index in [1.54, 1.807) is 12.4 Å². The van der Waals surface area contributed by atoms with Crippen molar-refractivity contribution in [1.29, 1.82) is 0 Å². The number of carbonyl (C=O) groups is 1. The second-order valence-corrected chi connectivity index (χ2v) is 11.5. The average Bonchev–Trinajstić information content (AvgIpc) is 3.28. The molecule has 2 aromatic carbocycles. The van der Waals surface area contributed by atoms with Gasteiger partial charge in [-0.25, -0.2) is 13.6 Å². The van der Waals surface area contributed by atoms with Gasteiger partial charge >= 0.3 is 6.03 Å². The molecule has 0 bridgehead atoms. The molecular weight excluding hydrogens is 534 g/mol. The molecule has 3 heterocycles. The molecule has 1 saturated heterocycles. The molecule has 0 atom stereocenters. The molecule has 0 spiro atoms. The van der Waals surface area contributed by atoms with Crippen LogP contribution >= 0.6 is 0 Å². The molecule has 6 rings (SSSR count). The highest BCUT2D eigenvalue weighted by Gasteiger charge is 2.37. The third-order valence-electron chi connectivity index (χ3n) is 8.79. The van der Waals surface area contributed by atoms with Crippen molar-refractivity contribution >= 4 is 22.6 Å². The first-order valence-corrected chi connectivity index (χ1v) is 14.8. The molecule has 0 unspecified atom stereocenters. The number of rotatable bonds is 7. The zero-order chi connectivity index (χ0) is 29.1. The van der Waals surface area contributed by atoms with E-state index in [1.165, 1.54) is 16.6 Å². The van der Waals surface area contributed by atoms with Gasteiger partial charge in [0.2, 0.25) is 5.92 Å². The van der Waals surface area contributed by atoms with Gasteiger partial charge < -0.3 is 15.2 Å². The van der Waals surface area contributed by atoms with Crippen molar-refractivity contribution in [2.24, 2.45) is 0 Å². The third kappa shape index (κ3) is 6.32. The van der Waals surface area contributed by atoms with Gasteiger partial charge in [-0.05, 0) is 67.3 Å². The number of pyridine rings is 1. The normalized spacial score (nSPS) is 18.3. The van der Waals surface area contributed by atoms with Gasteiger partial charge in [-0.2, -0.15) is 0 Å². The number of benzene rings is 2. The van der Waals surface area contributed by atoms with E-state index in [-0.39, 0.29) is 18.9 Å². The lowest BCUT2D eigenvalue weighted by Crippen LogP contribution is -2.51. The summed E-state index contributed by atoms with van der Waals surface area (Å²) in [5, 5.41) is 7.01. The number of halogens is 2. The molecule has 220 valence electrons. The molecule has 2 amide bonds. The maximum Gasteiger partial charge on any atom is 0.319 e. The Bertz CT molecular complexity index is 1500. The molecule has 2 aliphatic rings. The Balaban J connectivity index is 1.11. The van der Waals surface area contributed by atoms with Crippen LogP contribution in [0.3, 0.4) is 0 Å². The lowest BCUT2D eigenvalue weighted by Gasteiger charge is -2.42. The molecular formula is C33H38F2N6O. The van der Waals surface area contributed by atoms with E-state index >= 15 is 0 Å². The number of nitrogens with zero attached hydrogens (tertiary/aromatic N) is 4. The molecule has 1 aliphatic heterocycles. The van der Waals surface area contributed by atoms with E-state index in [0.717, 1.165) is 55.2 Å². The number of fused-ring (bicyclic) bond motifs is 1. The number of amides is 2. The summed E-state index contributed by atoms with van der Waals surface area (Å²) in [7, 11) is 0. The number of hydrogen-bond donors (Lipinski definition) is 2. The summed E-state index contributed by atoms with van der Waals surface area (Å²) >= 11 is 0. The Kier molecular flexibility index (Phi) is 8.22. The van der Waals surface area contributed by atoms with Gasteiger partial charge in [-0.15, -0.1) is 0 Å². The number of para-hydroxylation sites is 1. The summed E-state index contributed by atoms with van der Waals surface area (Å²) in [5.41, 5.74) is 6.36. The van der Waals surface area contributed by atoms with Crippen LogP contribution in [0, 0.1) is 6.92 Å². The zero-order valence-electron chi connectivity index (χ0n) is 24.0. The summed E-state index contributed by atoms with van der Waals surface area (Å²) in [5.74, 6) is -2.48. The lowest BCUT2D eigenvalue weighted by molar-refractivity contribution is -0.0582. The predicted octanol–water partition coefficient (Wildman–Crippen LogP) is 6.35. The predicted molar refractivity (Wildman–Crippen MR) is 162 cm³/mol. The first-order valence-electron chi connectivity index (χ1n) is 14.8. The largest absolute Gasteiger partial charge is 0.334 e. The van der Waals surface area contributed by atoms with Crippen LogP contribution in [-0.4, -0.2) is 63.5 Å². The number of carbonyl (C=O) groups excluding carboxylic acids is 1. The summed E-state index contributed by atoms with van der Waals surface area (Å²) in [6, 6.07) is 20.2. The van der Waals surface area contributed by atoms with Gasteiger partial charge in [0.25, 0.3) is 0 Å². The average molecular weight is 573 g/mol. The minimum atomic E-state index is -2.48. The highest BCUT2D eigenvalue weighted by Crippen LogP contribution is 2.36. The fourth-order valence-electron chi connectivity index (χ4n) is 6.42. The number of hydrogen-bond acceptors (Lipinski definition) is 4. The van der Waals surface area contributed by atoms with Crippen molar-refractivity contribution in [3.63, 3.8) is 0 Å². The first-order chi connectivity index (χ1) is 20.4. The molecule has 9 heteroatoms. The van der Waals surface area contributed by atoms with E-state index in [0.29, 0.717) is 25.4 Å². The zero-order valence-corrected chi connectivity index (χ0v) is 24.0. The molecule has 2 aromatic heterocycles. The molecule has 4 aromatic rings. The van der Waals surface area contributed by atoms with Crippen LogP contribution in [0.15, 0.2) is 73.1 Å². The smallest absolute Gasteiger partial charge is 0.319 e. The maximum absolute atomic E-state index is 13.6. The van der Waals surface area contributed by atoms with Gasteiger partial charge in [0.05, 0.1) is 5.52 Å². The van der Waals surface area contributed by atoms with Gasteiger partial charge in [-0.3, -0.25) is 14.8 Å². The van der Waals surface area contributed by atoms with Gasteiger partial charge in [0.1, 0.15) is 0 Å². The van der Waals surface area contributed by atoms with Crippen LogP contribution in [0.25, 0.3) is 16.6 Å². The monoisotopic (exact) mass is 572 g/mol. The maximum atomic E-state index is 13.6. The Morgan fingerprint density at radius 2 is 1.71 bits per heavy atom. The molecule has 1 saturated carbocycles. The van der Waals surface area contributed by atoms with E-state index in [4.69, 9.17) is 0 Å². The topological polar surface area (TPSA) is 65.4 Å². The first kappa shape index (κ1) is 28.3. The minimum Gasteiger partial charge on any atom is -0.334 e. The van der Waals surface area contributed by atoms with E-state index < -0.39 is 5.92 Å². The van der Waals surface area contributed by atoms with Crippen molar-refractivity contribution in [3.05, 3.63) is 89.9 Å². The van der Waals surface area contributed by atoms with Crippen LogP contribution in [0.1, 0.15) is 42.5 Å². The minimum absolute atomic E-state index is 0.0208. The Labute approximate surface area is 245 Å². The van der Waals surface area contributed by atoms with Crippen LogP contribution in [0.4, 0.5) is 19.3 Å². The third-order valence-corrected chi connectivity index (χ3v) is 8.79. The molecule has 7 nitrogen and oxygen atoms in total. The van der Waals surface area contributed by atoms with Crippen LogP contribution in [-0.2, 0) is 13.1 Å². The molecule has 2 fully saturated rings. The van der Waals surface area contributed by atoms with Crippen molar-refractivity contribution in [1.82, 2.24) is 24.7 Å². The van der Waals surface area contributed by atoms with Crippen LogP contribution in [0.5, 0.6) is 0 Å². The Morgan fingerprint density at radius 1 is 0.976 bits per heavy atom. The van der Waals surface area contributed by atoms with Gasteiger partial charge in [0.15, 0.2) is 0 Å². The number of nitrogens with one attached hydrogen (secondary N) is 2. The quantitative estimate of drug-likeness (QED) is 0.271. The number of alkyl halides is 2. The number of urea groups is 1. The highest BCUT2D eigenvalue weighted by atomic mass is 19.3. The Morgan fingerprint density at radius 3 is 2.43 bits per heavy atom. The summed E-state index contributed by atoms with van der Waals surface area (Å²) < 4.78 is 29.6. The molecule has 42 heavy (non-hydrogen) atoms. The van der Waals surface area contributed by atoms with E-state index in [9.17, 15) is 13.6 Å². The number of piperazine rings is 1. The fourth-order valence-corrected chi connectivity index (χ4v) is 6.42. The second-order valence-electron chi connectivity index (χ2n) is 11.5. The van der Waals surface area contributed by atoms with E-state index in [1.807, 2.05) is 36.4 Å². The van der Waals surface area contributed by atoms with Gasteiger partial charge in [0, 0.05) is 93.0 Å². The SMILES string of the molecule is Cc1c(CN2CCN(C3CCC(F)(F)CC3)CC2)c2ccccc2n1-c1ccc(NC(=O)NCc2cccnc2)cc1. The summed E-state index contributed by atoms with van der Waals surface area (Å²) in [6.45, 7) is 7.17. The second kappa shape index (κ2) is 12.2. The molecule has 1 aliphatic carbocycles.